The maximum absolute atomic E-state index is 8.98. The quantitative estimate of drug-likeness (QED) is 0.575. The highest BCUT2D eigenvalue weighted by molar-refractivity contribution is 4.80. The first-order chi connectivity index (χ1) is 5.83. The summed E-state index contributed by atoms with van der Waals surface area (Å²) in [5.41, 5.74) is -0.127. The molecule has 0 aromatic carbocycles. The van der Waals surface area contributed by atoms with Crippen LogP contribution in [0.3, 0.4) is 0 Å². The van der Waals surface area contributed by atoms with E-state index in [2.05, 4.69) is 0 Å². The second-order valence-electron chi connectivity index (χ2n) is 3.38. The van der Waals surface area contributed by atoms with Gasteiger partial charge in [0, 0.05) is 12.5 Å². The van der Waals surface area contributed by atoms with Crippen LogP contribution in [0.5, 0.6) is 0 Å². The van der Waals surface area contributed by atoms with Crippen LogP contribution in [0.15, 0.2) is 0 Å². The van der Waals surface area contributed by atoms with E-state index < -0.39 is 0 Å². The molecule has 0 bridgehead atoms. The van der Waals surface area contributed by atoms with Crippen LogP contribution in [-0.2, 0) is 0 Å². The first kappa shape index (κ1) is 11.9. The fourth-order valence-electron chi connectivity index (χ4n) is 1.67. The average molecular weight is 176 g/mol. The molecule has 1 aliphatic rings. The molecule has 1 saturated carbocycles. The zero-order valence-corrected chi connectivity index (χ0v) is 7.79. The first-order valence-electron chi connectivity index (χ1n) is 4.49. The molecular weight excluding hydrogens is 156 g/mol. The van der Waals surface area contributed by atoms with Crippen molar-refractivity contribution in [1.82, 2.24) is 0 Å². The van der Waals surface area contributed by atoms with Gasteiger partial charge in [-0.15, -0.1) is 0 Å². The Kier molecular flexibility index (Phi) is 6.34. The molecule has 3 nitrogen and oxygen atoms in total. The lowest BCUT2D eigenvalue weighted by molar-refractivity contribution is 0.0234. The summed E-state index contributed by atoms with van der Waals surface area (Å²) < 4.78 is 0. The number of rotatable bonds is 2. The Morgan fingerprint density at radius 1 is 0.917 bits per heavy atom. The van der Waals surface area contributed by atoms with Crippen LogP contribution in [0.4, 0.5) is 0 Å². The summed E-state index contributed by atoms with van der Waals surface area (Å²) in [6.07, 6.45) is 5.60. The standard InChI is InChI=1S/C8H16O2.CH4O/c9-6-8(7-10)4-2-1-3-5-8;1-2/h9-10H,1-7H2;2H,1H3. The maximum Gasteiger partial charge on any atom is 0.0509 e. The molecule has 1 fully saturated rings. The van der Waals surface area contributed by atoms with E-state index in [-0.39, 0.29) is 18.6 Å². The molecule has 0 aromatic rings. The Morgan fingerprint density at radius 3 is 1.58 bits per heavy atom. The van der Waals surface area contributed by atoms with Gasteiger partial charge in [-0.25, -0.2) is 0 Å². The van der Waals surface area contributed by atoms with E-state index in [1.165, 1.54) is 19.3 Å². The molecule has 3 heteroatoms. The van der Waals surface area contributed by atoms with E-state index in [4.69, 9.17) is 15.3 Å². The molecule has 0 heterocycles. The minimum atomic E-state index is -0.127. The average Bonchev–Trinajstić information content (AvgIpc) is 2.22. The van der Waals surface area contributed by atoms with Gasteiger partial charge in [-0.2, -0.15) is 0 Å². The normalized spacial score (nSPS) is 21.0. The third-order valence-electron chi connectivity index (χ3n) is 2.59. The van der Waals surface area contributed by atoms with Gasteiger partial charge in [-0.3, -0.25) is 0 Å². The van der Waals surface area contributed by atoms with Crippen LogP contribution in [0.25, 0.3) is 0 Å². The van der Waals surface area contributed by atoms with Gasteiger partial charge in [-0.05, 0) is 12.8 Å². The van der Waals surface area contributed by atoms with Crippen LogP contribution in [-0.4, -0.2) is 35.6 Å². The lowest BCUT2D eigenvalue weighted by Crippen LogP contribution is -2.31. The highest BCUT2D eigenvalue weighted by Gasteiger charge is 2.30. The Morgan fingerprint density at radius 2 is 1.33 bits per heavy atom. The summed E-state index contributed by atoms with van der Waals surface area (Å²) >= 11 is 0. The molecule has 0 aromatic heterocycles. The van der Waals surface area contributed by atoms with E-state index in [1.54, 1.807) is 0 Å². The van der Waals surface area contributed by atoms with Crippen LogP contribution in [0.2, 0.25) is 0 Å². The Balaban J connectivity index is 0.000000561. The van der Waals surface area contributed by atoms with Gasteiger partial charge >= 0.3 is 0 Å². The van der Waals surface area contributed by atoms with E-state index in [0.717, 1.165) is 20.0 Å². The monoisotopic (exact) mass is 176 g/mol. The first-order valence-corrected chi connectivity index (χ1v) is 4.49. The molecule has 0 unspecified atom stereocenters. The molecule has 0 radical (unpaired) electrons. The summed E-state index contributed by atoms with van der Waals surface area (Å²) in [7, 11) is 1.00. The third-order valence-corrected chi connectivity index (χ3v) is 2.59. The Bertz CT molecular complexity index is 91.9. The van der Waals surface area contributed by atoms with Gasteiger partial charge in [0.05, 0.1) is 13.2 Å². The molecule has 1 aliphatic carbocycles. The fraction of sp³-hybridized carbons (Fsp3) is 1.00. The van der Waals surface area contributed by atoms with Crippen LogP contribution < -0.4 is 0 Å². The highest BCUT2D eigenvalue weighted by atomic mass is 16.3. The molecule has 3 N–H and O–H groups in total. The lowest BCUT2D eigenvalue weighted by atomic mass is 9.75. The summed E-state index contributed by atoms with van der Waals surface area (Å²) in [6, 6.07) is 0. The van der Waals surface area contributed by atoms with E-state index in [1.807, 2.05) is 0 Å². The van der Waals surface area contributed by atoms with Crippen molar-refractivity contribution in [3.05, 3.63) is 0 Å². The van der Waals surface area contributed by atoms with Crippen molar-refractivity contribution in [2.75, 3.05) is 20.3 Å². The zero-order valence-electron chi connectivity index (χ0n) is 7.79. The largest absolute Gasteiger partial charge is 0.400 e. The van der Waals surface area contributed by atoms with Gasteiger partial charge in [0.2, 0.25) is 0 Å². The number of aliphatic hydroxyl groups is 3. The number of aliphatic hydroxyl groups excluding tert-OH is 3. The zero-order chi connectivity index (χ0) is 9.45. The van der Waals surface area contributed by atoms with Gasteiger partial charge in [0.1, 0.15) is 0 Å². The lowest BCUT2D eigenvalue weighted by Gasteiger charge is -2.33. The van der Waals surface area contributed by atoms with Gasteiger partial charge in [0.15, 0.2) is 0 Å². The number of hydrogen-bond donors (Lipinski definition) is 3. The second-order valence-corrected chi connectivity index (χ2v) is 3.38. The van der Waals surface area contributed by atoms with Crippen molar-refractivity contribution in [1.29, 1.82) is 0 Å². The molecular formula is C9H20O3. The van der Waals surface area contributed by atoms with E-state index >= 15 is 0 Å². The summed E-state index contributed by atoms with van der Waals surface area (Å²) in [5, 5.41) is 25.0. The van der Waals surface area contributed by atoms with Crippen LogP contribution in [0.1, 0.15) is 32.1 Å². The SMILES string of the molecule is CO.OCC1(CO)CCCCC1. The smallest absolute Gasteiger partial charge is 0.0509 e. The van der Waals surface area contributed by atoms with Gasteiger partial charge < -0.3 is 15.3 Å². The molecule has 0 aliphatic heterocycles. The van der Waals surface area contributed by atoms with Crippen molar-refractivity contribution in [3.8, 4) is 0 Å². The summed E-state index contributed by atoms with van der Waals surface area (Å²) in [6.45, 7) is 0.312. The van der Waals surface area contributed by atoms with E-state index in [9.17, 15) is 0 Å². The minimum absolute atomic E-state index is 0.127. The fourth-order valence-corrected chi connectivity index (χ4v) is 1.67. The summed E-state index contributed by atoms with van der Waals surface area (Å²) in [5.74, 6) is 0. The number of hydrogen-bond acceptors (Lipinski definition) is 3. The third kappa shape index (κ3) is 3.09. The molecule has 0 spiro atoms. The van der Waals surface area contributed by atoms with E-state index in [0.29, 0.717) is 0 Å². The Hall–Kier alpha value is -0.120. The topological polar surface area (TPSA) is 60.7 Å². The predicted octanol–water partition coefficient (Wildman–Crippen LogP) is 0.530. The van der Waals surface area contributed by atoms with Crippen LogP contribution >= 0.6 is 0 Å². The van der Waals surface area contributed by atoms with Crippen molar-refractivity contribution in [2.24, 2.45) is 5.41 Å². The molecule has 0 amide bonds. The van der Waals surface area contributed by atoms with Crippen molar-refractivity contribution >= 4 is 0 Å². The Labute approximate surface area is 74.0 Å². The molecule has 1 rings (SSSR count). The van der Waals surface area contributed by atoms with Crippen LogP contribution in [0, 0.1) is 5.41 Å². The maximum atomic E-state index is 8.98. The second kappa shape index (κ2) is 6.40. The molecule has 74 valence electrons. The van der Waals surface area contributed by atoms with Gasteiger partial charge in [-0.1, -0.05) is 19.3 Å². The van der Waals surface area contributed by atoms with Crippen molar-refractivity contribution < 1.29 is 15.3 Å². The highest BCUT2D eigenvalue weighted by Crippen LogP contribution is 2.34. The molecule has 12 heavy (non-hydrogen) atoms. The minimum Gasteiger partial charge on any atom is -0.400 e. The molecule has 0 atom stereocenters. The van der Waals surface area contributed by atoms with Crippen molar-refractivity contribution in [2.45, 2.75) is 32.1 Å². The molecule has 0 saturated heterocycles. The van der Waals surface area contributed by atoms with Crippen molar-refractivity contribution in [3.63, 3.8) is 0 Å². The van der Waals surface area contributed by atoms with Gasteiger partial charge in [0.25, 0.3) is 0 Å². The predicted molar refractivity (Wildman–Crippen MR) is 47.8 cm³/mol. The summed E-state index contributed by atoms with van der Waals surface area (Å²) in [4.78, 5) is 0.